The molecule has 0 amide bonds. The van der Waals surface area contributed by atoms with Gasteiger partial charge in [0.25, 0.3) is 6.08 Å². The molecule has 2 N–H and O–H groups in total. The van der Waals surface area contributed by atoms with Crippen LogP contribution in [0.3, 0.4) is 0 Å². The summed E-state index contributed by atoms with van der Waals surface area (Å²) in [6, 6.07) is 0.102. The number of imidazole rings is 1. The Morgan fingerprint density at radius 3 is 2.83 bits per heavy atom. The van der Waals surface area contributed by atoms with E-state index in [0.29, 0.717) is 17.0 Å². The Hall–Kier alpha value is -1.37. The van der Waals surface area contributed by atoms with Crippen LogP contribution in [0.15, 0.2) is 6.33 Å². The first-order chi connectivity index (χ1) is 8.41. The molecule has 0 saturated heterocycles. The van der Waals surface area contributed by atoms with Crippen LogP contribution in [0.4, 0.5) is 10.2 Å². The molecule has 0 aliphatic heterocycles. The molecule has 2 aromatic heterocycles. The summed E-state index contributed by atoms with van der Waals surface area (Å²) in [6.45, 7) is 6.09. The van der Waals surface area contributed by atoms with Gasteiger partial charge in [0.2, 0.25) is 0 Å². The average molecular weight is 269 g/mol. The lowest BCUT2D eigenvalue weighted by Gasteiger charge is -2.30. The quantitative estimate of drug-likeness (QED) is 0.589. The van der Waals surface area contributed by atoms with Crippen LogP contribution in [0.5, 0.6) is 0 Å². The van der Waals surface area contributed by atoms with Crippen LogP contribution in [0.2, 0.25) is 0 Å². The minimum absolute atomic E-state index is 0.102. The largest absolute Gasteiger partial charge is 0.364 e. The number of hydrogen-bond donors (Lipinski definition) is 3. The van der Waals surface area contributed by atoms with Gasteiger partial charge >= 0.3 is 0 Å². The molecular formula is C11H16FN5S. The van der Waals surface area contributed by atoms with E-state index in [-0.39, 0.29) is 10.8 Å². The maximum absolute atomic E-state index is 13.1. The van der Waals surface area contributed by atoms with Crippen molar-refractivity contribution in [1.29, 1.82) is 0 Å². The van der Waals surface area contributed by atoms with Gasteiger partial charge in [0.15, 0.2) is 11.5 Å². The van der Waals surface area contributed by atoms with E-state index < -0.39 is 6.08 Å². The van der Waals surface area contributed by atoms with Gasteiger partial charge in [-0.2, -0.15) is 22.0 Å². The maximum Gasteiger partial charge on any atom is 0.289 e. The van der Waals surface area contributed by atoms with E-state index in [1.54, 1.807) is 0 Å². The van der Waals surface area contributed by atoms with E-state index in [4.69, 9.17) is 0 Å². The van der Waals surface area contributed by atoms with Crippen LogP contribution >= 0.6 is 12.6 Å². The lowest BCUT2D eigenvalue weighted by Crippen LogP contribution is -2.37. The summed E-state index contributed by atoms with van der Waals surface area (Å²) < 4.78 is 12.9. The van der Waals surface area contributed by atoms with E-state index in [1.807, 2.05) is 13.8 Å². The molecule has 2 rings (SSSR count). The Morgan fingerprint density at radius 2 is 2.22 bits per heavy atom. The first-order valence-corrected chi connectivity index (χ1v) is 6.21. The van der Waals surface area contributed by atoms with Crippen molar-refractivity contribution in [1.82, 2.24) is 19.9 Å². The highest BCUT2D eigenvalue weighted by Crippen LogP contribution is 2.25. The van der Waals surface area contributed by atoms with E-state index in [1.165, 1.54) is 6.33 Å². The fourth-order valence-corrected chi connectivity index (χ4v) is 2.10. The Morgan fingerprint density at radius 1 is 1.50 bits per heavy atom. The van der Waals surface area contributed by atoms with Gasteiger partial charge in [-0.1, -0.05) is 6.92 Å². The Balaban J connectivity index is 2.36. The average Bonchev–Trinajstić information content (AvgIpc) is 2.65. The summed E-state index contributed by atoms with van der Waals surface area (Å²) in [7, 11) is 0. The number of rotatable bonds is 4. The van der Waals surface area contributed by atoms with Gasteiger partial charge < -0.3 is 10.3 Å². The predicted molar refractivity (Wildman–Crippen MR) is 72.4 cm³/mol. The standard InChI is InChI=1S/C11H16FN5S/c1-4-6(11(2,3)18)15-8-7-9(14-5-13-8)17-10(12)16-7/h5-6,18H,4H2,1-3H3,(H2,13,14,15,16,17)/t6-/m0/s1. The molecule has 0 aliphatic carbocycles. The minimum Gasteiger partial charge on any atom is -0.364 e. The van der Waals surface area contributed by atoms with Crippen molar-refractivity contribution in [3.8, 4) is 0 Å². The van der Waals surface area contributed by atoms with Gasteiger partial charge in [0.05, 0.1) is 0 Å². The van der Waals surface area contributed by atoms with Gasteiger partial charge in [0, 0.05) is 10.8 Å². The molecule has 1 atom stereocenters. The van der Waals surface area contributed by atoms with Crippen molar-refractivity contribution in [3.05, 3.63) is 12.4 Å². The fourth-order valence-electron chi connectivity index (χ4n) is 1.85. The molecule has 7 heteroatoms. The first kappa shape index (κ1) is 13.1. The van der Waals surface area contributed by atoms with Gasteiger partial charge in [-0.3, -0.25) is 0 Å². The van der Waals surface area contributed by atoms with Crippen LogP contribution in [0.25, 0.3) is 11.2 Å². The number of hydrogen-bond acceptors (Lipinski definition) is 5. The number of H-pyrrole nitrogens is 1. The molecule has 0 spiro atoms. The first-order valence-electron chi connectivity index (χ1n) is 5.77. The smallest absolute Gasteiger partial charge is 0.289 e. The number of nitrogens with zero attached hydrogens (tertiary/aromatic N) is 3. The molecular weight excluding hydrogens is 253 g/mol. The zero-order valence-corrected chi connectivity index (χ0v) is 11.4. The van der Waals surface area contributed by atoms with Gasteiger partial charge in [-0.15, -0.1) is 0 Å². The molecule has 0 aliphatic rings. The second-order valence-electron chi connectivity index (χ2n) is 4.71. The molecule has 2 aromatic rings. The molecule has 18 heavy (non-hydrogen) atoms. The van der Waals surface area contributed by atoms with Crippen LogP contribution in [0, 0.1) is 6.08 Å². The molecule has 0 unspecified atom stereocenters. The zero-order valence-electron chi connectivity index (χ0n) is 10.5. The van der Waals surface area contributed by atoms with Gasteiger partial charge in [-0.25, -0.2) is 9.97 Å². The molecule has 5 nitrogen and oxygen atoms in total. The predicted octanol–water partition coefficient (Wildman–Crippen LogP) is 2.39. The Labute approximate surface area is 110 Å². The molecule has 0 bridgehead atoms. The van der Waals surface area contributed by atoms with E-state index >= 15 is 0 Å². The second kappa shape index (κ2) is 4.72. The summed E-state index contributed by atoms with van der Waals surface area (Å²) in [5.41, 5.74) is 0.794. The van der Waals surface area contributed by atoms with Crippen LogP contribution in [0.1, 0.15) is 27.2 Å². The Kier molecular flexibility index (Phi) is 3.43. The highest BCUT2D eigenvalue weighted by atomic mass is 32.1. The maximum atomic E-state index is 13.1. The number of thiol groups is 1. The third-order valence-corrected chi connectivity index (χ3v) is 3.14. The molecule has 2 heterocycles. The summed E-state index contributed by atoms with van der Waals surface area (Å²) in [5.74, 6) is 0.547. The van der Waals surface area contributed by atoms with E-state index in [2.05, 4.69) is 44.8 Å². The number of nitrogens with one attached hydrogen (secondary N) is 2. The molecule has 0 fully saturated rings. The summed E-state index contributed by atoms with van der Waals surface area (Å²) in [4.78, 5) is 14.2. The number of anilines is 1. The molecule has 98 valence electrons. The van der Waals surface area contributed by atoms with Crippen LogP contribution in [-0.4, -0.2) is 30.7 Å². The summed E-state index contributed by atoms with van der Waals surface area (Å²) in [6.07, 6.45) is 1.58. The van der Waals surface area contributed by atoms with Crippen molar-refractivity contribution in [2.75, 3.05) is 5.32 Å². The van der Waals surface area contributed by atoms with Crippen LogP contribution in [-0.2, 0) is 0 Å². The fraction of sp³-hybridized carbons (Fsp3) is 0.545. The third-order valence-electron chi connectivity index (χ3n) is 2.83. The second-order valence-corrected chi connectivity index (χ2v) is 5.86. The lowest BCUT2D eigenvalue weighted by molar-refractivity contribution is 0.554. The highest BCUT2D eigenvalue weighted by molar-refractivity contribution is 7.81. The number of aromatic amines is 1. The highest BCUT2D eigenvalue weighted by Gasteiger charge is 2.25. The minimum atomic E-state index is -0.660. The Bertz CT molecular complexity index is 548. The van der Waals surface area contributed by atoms with E-state index in [9.17, 15) is 4.39 Å². The lowest BCUT2D eigenvalue weighted by atomic mass is 10.0. The van der Waals surface area contributed by atoms with Crippen molar-refractivity contribution in [2.45, 2.75) is 38.0 Å². The topological polar surface area (TPSA) is 66.5 Å². The van der Waals surface area contributed by atoms with Crippen molar-refractivity contribution < 1.29 is 4.39 Å². The van der Waals surface area contributed by atoms with Gasteiger partial charge in [0.1, 0.15) is 11.8 Å². The van der Waals surface area contributed by atoms with Crippen molar-refractivity contribution in [3.63, 3.8) is 0 Å². The summed E-state index contributed by atoms with van der Waals surface area (Å²) >= 11 is 4.55. The van der Waals surface area contributed by atoms with E-state index in [0.717, 1.165) is 6.42 Å². The normalized spacial score (nSPS) is 13.8. The SMILES string of the molecule is CC[C@H](Nc1ncnc2nc(F)[nH]c12)C(C)(C)S. The zero-order chi connectivity index (χ0) is 13.3. The van der Waals surface area contributed by atoms with Crippen molar-refractivity contribution in [2.24, 2.45) is 0 Å². The number of aromatic nitrogens is 4. The molecule has 0 saturated carbocycles. The van der Waals surface area contributed by atoms with Crippen LogP contribution < -0.4 is 5.32 Å². The van der Waals surface area contributed by atoms with Crippen molar-refractivity contribution >= 4 is 29.6 Å². The molecule has 0 aromatic carbocycles. The summed E-state index contributed by atoms with van der Waals surface area (Å²) in [5, 5.41) is 3.26. The third kappa shape index (κ3) is 2.55. The monoisotopic (exact) mass is 269 g/mol. The van der Waals surface area contributed by atoms with Gasteiger partial charge in [-0.05, 0) is 20.3 Å². The molecule has 0 radical (unpaired) electrons. The number of halogens is 1. The number of fused-ring (bicyclic) bond motifs is 1.